The van der Waals surface area contributed by atoms with Crippen LogP contribution in [0.4, 0.5) is 11.5 Å². The number of piperazine rings is 1. The van der Waals surface area contributed by atoms with Crippen molar-refractivity contribution in [2.75, 3.05) is 95.6 Å². The number of hydrogen-bond donors (Lipinski definition) is 0. The first-order chi connectivity index (χ1) is 24.0. The van der Waals surface area contributed by atoms with E-state index in [0.717, 1.165) is 75.9 Å². The zero-order chi connectivity index (χ0) is 33.7. The smallest absolute Gasteiger partial charge is 0.318 e. The minimum atomic E-state index is -0.229. The van der Waals surface area contributed by atoms with Crippen LogP contribution in [0.5, 0.6) is 6.01 Å². The molecule has 0 aliphatic carbocycles. The molecular weight excluding hydrogens is 693 g/mol. The van der Waals surface area contributed by atoms with Gasteiger partial charge in [0.1, 0.15) is 18.5 Å². The van der Waals surface area contributed by atoms with Gasteiger partial charge in [-0.3, -0.25) is 9.69 Å². The van der Waals surface area contributed by atoms with E-state index in [9.17, 15) is 4.79 Å². The summed E-state index contributed by atoms with van der Waals surface area (Å²) in [7, 11) is 2.15. The van der Waals surface area contributed by atoms with Gasteiger partial charge in [-0.25, -0.2) is 6.57 Å². The number of carbonyl (C=O) groups excluding carboxylic acids is 1. The summed E-state index contributed by atoms with van der Waals surface area (Å²) >= 11 is 0. The lowest BCUT2D eigenvalue weighted by molar-refractivity contribution is -0.128. The van der Waals surface area contributed by atoms with Crippen LogP contribution >= 0.6 is 27.0 Å². The van der Waals surface area contributed by atoms with E-state index in [4.69, 9.17) is 26.0 Å². The van der Waals surface area contributed by atoms with Crippen LogP contribution in [0, 0.1) is 13.5 Å². The van der Waals surface area contributed by atoms with Crippen LogP contribution in [0.25, 0.3) is 15.6 Å². The summed E-state index contributed by atoms with van der Waals surface area (Å²) in [6, 6.07) is 13.6. The van der Waals surface area contributed by atoms with Gasteiger partial charge in [-0.15, -0.1) is 0 Å². The van der Waals surface area contributed by atoms with Gasteiger partial charge < -0.3 is 33.9 Å². The highest BCUT2D eigenvalue weighted by Gasteiger charge is 2.35. The fraction of sp³-hybridized carbons (Fsp3) is 0.538. The summed E-state index contributed by atoms with van der Waals surface area (Å²) in [5.41, 5.74) is 4.62. The second-order valence-electron chi connectivity index (χ2n) is 13.8. The van der Waals surface area contributed by atoms with Crippen molar-refractivity contribution < 1.29 is 14.3 Å². The molecule has 4 aliphatic heterocycles. The third kappa shape index (κ3) is 9.15. The molecule has 3 saturated heterocycles. The molecule has 282 valence electrons. The highest BCUT2D eigenvalue weighted by atomic mass is 32.1. The first-order valence-electron chi connectivity index (χ1n) is 17.8. The Morgan fingerprint density at radius 1 is 1.02 bits per heavy atom. The number of nitrogens with zero attached hydrogens (tertiary/aromatic N) is 8. The standard InChI is InChI=1S/C38H48N8O3.CH4.2H2S/c1-28-8-4-9-29-10-5-12-34(36(28)29)44-17-14-32-33(26-44)40-38(49-27-30-11-6-15-42(30)3)41-37(32)45-18-19-46(31(25-45)24-39-2)35(47)13-7-16-43-20-22-48-23-21-43;;;/h4-5,7-10,12-13,30-31H,6,11,14-27H2,1,3H3;1H4;2*1H2/b13-7+;;;/t30-,31-;;;/m0.../s1. The maximum Gasteiger partial charge on any atom is 0.318 e. The monoisotopic (exact) mass is 748 g/mol. The third-order valence-corrected chi connectivity index (χ3v) is 10.6. The molecule has 1 aromatic heterocycles. The molecule has 4 aliphatic rings. The van der Waals surface area contributed by atoms with Gasteiger partial charge in [-0.2, -0.15) is 37.0 Å². The number of ether oxygens (including phenoxy) is 2. The average Bonchev–Trinajstić information content (AvgIpc) is 3.54. The largest absolute Gasteiger partial charge is 0.462 e. The topological polar surface area (TPSA) is 81.9 Å². The molecule has 0 unspecified atom stereocenters. The molecular formula is C39H56N8O3S2. The molecule has 1 amide bonds. The Labute approximate surface area is 323 Å². The molecule has 0 spiro atoms. The highest BCUT2D eigenvalue weighted by Crippen LogP contribution is 2.36. The summed E-state index contributed by atoms with van der Waals surface area (Å²) in [5, 5.41) is 2.52. The second kappa shape index (κ2) is 19.0. The van der Waals surface area contributed by atoms with Gasteiger partial charge in [0.25, 0.3) is 0 Å². The van der Waals surface area contributed by atoms with Crippen LogP contribution in [-0.2, 0) is 22.5 Å². The molecule has 2 atom stereocenters. The SMILES string of the molecule is C.S.S.[C-]#[N+]C[C@H]1CN(c2nc(OC[C@@H]3CCCN3C)nc3c2CCN(c2cccc4cccc(C)c24)C3)CCN1C(=O)/C=C/CN1CCOCC1. The van der Waals surface area contributed by atoms with Gasteiger partial charge in [0.05, 0.1) is 25.5 Å². The van der Waals surface area contributed by atoms with Gasteiger partial charge in [0.2, 0.25) is 12.5 Å². The molecule has 5 heterocycles. The minimum absolute atomic E-state index is 0. The number of morpholine rings is 1. The quantitative estimate of drug-likeness (QED) is 0.230. The Morgan fingerprint density at radius 2 is 1.81 bits per heavy atom. The Bertz CT molecular complexity index is 1720. The number of aromatic nitrogens is 2. The van der Waals surface area contributed by atoms with Crippen LogP contribution < -0.4 is 14.5 Å². The van der Waals surface area contributed by atoms with Crippen molar-refractivity contribution in [1.29, 1.82) is 0 Å². The predicted octanol–water partition coefficient (Wildman–Crippen LogP) is 4.66. The average molecular weight is 749 g/mol. The fourth-order valence-corrected chi connectivity index (χ4v) is 7.83. The summed E-state index contributed by atoms with van der Waals surface area (Å²) in [6.07, 6.45) is 6.72. The third-order valence-electron chi connectivity index (χ3n) is 10.6. The zero-order valence-electron chi connectivity index (χ0n) is 29.9. The molecule has 0 N–H and O–H groups in total. The Kier molecular flexibility index (Phi) is 15.0. The van der Waals surface area contributed by atoms with Gasteiger partial charge in [0.15, 0.2) is 0 Å². The molecule has 0 bridgehead atoms. The number of rotatable bonds is 9. The van der Waals surface area contributed by atoms with Crippen molar-refractivity contribution in [3.05, 3.63) is 76.8 Å². The van der Waals surface area contributed by atoms with Gasteiger partial charge in [0, 0.05) is 74.6 Å². The lowest BCUT2D eigenvalue weighted by Gasteiger charge is -2.41. The fourth-order valence-electron chi connectivity index (χ4n) is 7.83. The van der Waals surface area contributed by atoms with E-state index < -0.39 is 0 Å². The predicted molar refractivity (Wildman–Crippen MR) is 220 cm³/mol. The first-order valence-corrected chi connectivity index (χ1v) is 17.8. The number of likely N-dealkylation sites (N-methyl/N-ethyl adjacent to an activating group) is 1. The lowest BCUT2D eigenvalue weighted by atomic mass is 9.99. The van der Waals surface area contributed by atoms with E-state index in [0.29, 0.717) is 44.8 Å². The van der Waals surface area contributed by atoms with Crippen LogP contribution in [0.15, 0.2) is 48.6 Å². The van der Waals surface area contributed by atoms with E-state index in [1.54, 1.807) is 6.08 Å². The van der Waals surface area contributed by atoms with Crippen LogP contribution in [0.2, 0.25) is 0 Å². The van der Waals surface area contributed by atoms with E-state index in [-0.39, 0.29) is 52.9 Å². The Hall–Kier alpha value is -3.54. The number of amides is 1. The molecule has 52 heavy (non-hydrogen) atoms. The van der Waals surface area contributed by atoms with Gasteiger partial charge in [-0.05, 0) is 56.8 Å². The second-order valence-corrected chi connectivity index (χ2v) is 13.8. The summed E-state index contributed by atoms with van der Waals surface area (Å²) in [4.78, 5) is 38.5. The maximum absolute atomic E-state index is 13.4. The molecule has 11 nitrogen and oxygen atoms in total. The van der Waals surface area contributed by atoms with Crippen molar-refractivity contribution in [2.24, 2.45) is 0 Å². The summed E-state index contributed by atoms with van der Waals surface area (Å²) < 4.78 is 11.8. The molecule has 3 aromatic rings. The van der Waals surface area contributed by atoms with Crippen molar-refractivity contribution in [3.8, 4) is 6.01 Å². The Morgan fingerprint density at radius 3 is 2.56 bits per heavy atom. The number of benzene rings is 2. The van der Waals surface area contributed by atoms with Gasteiger partial charge in [-0.1, -0.05) is 43.8 Å². The van der Waals surface area contributed by atoms with E-state index in [1.165, 1.54) is 28.4 Å². The maximum atomic E-state index is 13.4. The number of aryl methyl sites for hydroxylation is 1. The molecule has 13 heteroatoms. The van der Waals surface area contributed by atoms with Gasteiger partial charge >= 0.3 is 6.01 Å². The minimum Gasteiger partial charge on any atom is -0.462 e. The van der Waals surface area contributed by atoms with Crippen LogP contribution in [0.3, 0.4) is 0 Å². The molecule has 7 rings (SSSR count). The molecule has 3 fully saturated rings. The zero-order valence-corrected chi connectivity index (χ0v) is 31.9. The van der Waals surface area contributed by atoms with Crippen molar-refractivity contribution in [2.45, 2.75) is 52.2 Å². The highest BCUT2D eigenvalue weighted by molar-refractivity contribution is 7.59. The number of carbonyl (C=O) groups is 1. The van der Waals surface area contributed by atoms with Crippen molar-refractivity contribution >= 4 is 55.2 Å². The van der Waals surface area contributed by atoms with E-state index >= 15 is 0 Å². The number of likely N-dealkylation sites (tertiary alicyclic amines) is 1. The van der Waals surface area contributed by atoms with Crippen LogP contribution in [-0.4, -0.2) is 128 Å². The molecule has 0 saturated carbocycles. The number of hydrogen-bond acceptors (Lipinski definition) is 9. The normalized spacial score (nSPS) is 20.8. The van der Waals surface area contributed by atoms with E-state index in [2.05, 4.69) is 74.8 Å². The lowest BCUT2D eigenvalue weighted by Crippen LogP contribution is -2.56. The van der Waals surface area contributed by atoms with Crippen molar-refractivity contribution in [1.82, 2.24) is 24.7 Å². The molecule has 0 radical (unpaired) electrons. The number of anilines is 2. The first kappa shape index (κ1) is 41.2. The van der Waals surface area contributed by atoms with Crippen molar-refractivity contribution in [3.63, 3.8) is 0 Å². The van der Waals surface area contributed by atoms with E-state index in [1.807, 2.05) is 11.0 Å². The molecule has 2 aromatic carbocycles. The van der Waals surface area contributed by atoms with Crippen LogP contribution in [0.1, 0.15) is 37.1 Å². The summed E-state index contributed by atoms with van der Waals surface area (Å²) in [6.45, 7) is 18.9. The Balaban J connectivity index is 0.00000202. The summed E-state index contributed by atoms with van der Waals surface area (Å²) in [5.74, 6) is 0.857. The number of fused-ring (bicyclic) bond motifs is 2.